The van der Waals surface area contributed by atoms with Crippen molar-refractivity contribution in [1.29, 1.82) is 0 Å². The third-order valence-electron chi connectivity index (χ3n) is 1.85. The number of nitrogens with one attached hydrogen (secondary N) is 1. The minimum Gasteiger partial charge on any atom is -0.346 e. The number of rotatable bonds is 1. The van der Waals surface area contributed by atoms with Crippen molar-refractivity contribution in [3.63, 3.8) is 0 Å². The Kier molecular flexibility index (Phi) is 2.55. The van der Waals surface area contributed by atoms with Gasteiger partial charge in [-0.3, -0.25) is 0 Å². The minimum atomic E-state index is -0.624. The molecule has 76 valence electrons. The molecule has 2 aromatic rings. The van der Waals surface area contributed by atoms with Crippen molar-refractivity contribution in [2.45, 2.75) is 0 Å². The van der Waals surface area contributed by atoms with Gasteiger partial charge in [0.1, 0.15) is 16.3 Å². The Morgan fingerprint density at radius 3 is 2.33 bits per heavy atom. The van der Waals surface area contributed by atoms with Crippen LogP contribution < -0.4 is 0 Å². The molecule has 0 bridgehead atoms. The third kappa shape index (κ3) is 2.24. The molecule has 15 heavy (non-hydrogen) atoms. The van der Waals surface area contributed by atoms with E-state index in [1.165, 1.54) is 18.5 Å². The van der Waals surface area contributed by atoms with Crippen LogP contribution in [0.15, 0.2) is 30.6 Å². The molecular formula is C10H6F2N2S. The van der Waals surface area contributed by atoms with Crippen molar-refractivity contribution in [2.75, 3.05) is 0 Å². The molecule has 2 nitrogen and oxygen atoms in total. The van der Waals surface area contributed by atoms with Gasteiger partial charge >= 0.3 is 0 Å². The van der Waals surface area contributed by atoms with Crippen LogP contribution in [0, 0.1) is 16.3 Å². The highest BCUT2D eigenvalue weighted by atomic mass is 32.1. The van der Waals surface area contributed by atoms with E-state index in [4.69, 9.17) is 12.2 Å². The first-order valence-electron chi connectivity index (χ1n) is 4.16. The molecular weight excluding hydrogens is 218 g/mol. The molecule has 2 rings (SSSR count). The Hall–Kier alpha value is -1.62. The van der Waals surface area contributed by atoms with Gasteiger partial charge in [-0.25, -0.2) is 13.8 Å². The molecule has 1 heterocycles. The second-order valence-corrected chi connectivity index (χ2v) is 3.38. The van der Waals surface area contributed by atoms with E-state index in [2.05, 4.69) is 9.97 Å². The molecule has 1 aromatic heterocycles. The van der Waals surface area contributed by atoms with Gasteiger partial charge < -0.3 is 4.98 Å². The monoisotopic (exact) mass is 224 g/mol. The lowest BCUT2D eigenvalue weighted by atomic mass is 10.1. The first-order chi connectivity index (χ1) is 7.15. The van der Waals surface area contributed by atoms with Crippen LogP contribution in [0.1, 0.15) is 0 Å². The molecule has 0 saturated heterocycles. The normalized spacial score (nSPS) is 10.3. The van der Waals surface area contributed by atoms with E-state index in [1.807, 2.05) is 0 Å². The molecule has 0 amide bonds. The van der Waals surface area contributed by atoms with E-state index in [0.717, 1.165) is 6.07 Å². The highest BCUT2D eigenvalue weighted by Gasteiger charge is 2.03. The molecule has 0 radical (unpaired) electrons. The summed E-state index contributed by atoms with van der Waals surface area (Å²) in [5, 5.41) is 0. The number of aromatic amines is 1. The fourth-order valence-electron chi connectivity index (χ4n) is 1.24. The van der Waals surface area contributed by atoms with Gasteiger partial charge in [0.15, 0.2) is 0 Å². The Morgan fingerprint density at radius 2 is 1.73 bits per heavy atom. The lowest BCUT2D eigenvalue weighted by Crippen LogP contribution is -1.88. The predicted octanol–water partition coefficient (Wildman–Crippen LogP) is 3.08. The topological polar surface area (TPSA) is 28.7 Å². The zero-order chi connectivity index (χ0) is 10.8. The smallest absolute Gasteiger partial charge is 0.130 e. The van der Waals surface area contributed by atoms with Crippen LogP contribution in [-0.4, -0.2) is 9.97 Å². The second kappa shape index (κ2) is 3.86. The summed E-state index contributed by atoms with van der Waals surface area (Å²) in [7, 11) is 0. The van der Waals surface area contributed by atoms with Gasteiger partial charge in [-0.15, -0.1) is 0 Å². The zero-order valence-electron chi connectivity index (χ0n) is 7.50. The van der Waals surface area contributed by atoms with Gasteiger partial charge in [-0.05, 0) is 18.2 Å². The molecule has 0 saturated carbocycles. The van der Waals surface area contributed by atoms with Crippen molar-refractivity contribution in [3.8, 4) is 11.3 Å². The maximum Gasteiger partial charge on any atom is 0.130 e. The lowest BCUT2D eigenvalue weighted by molar-refractivity contribution is 0.584. The maximum absolute atomic E-state index is 12.9. The number of benzene rings is 1. The van der Waals surface area contributed by atoms with Crippen LogP contribution in [0.5, 0.6) is 0 Å². The fraction of sp³-hybridized carbons (Fsp3) is 0. The summed E-state index contributed by atoms with van der Waals surface area (Å²) in [6, 6.07) is 4.82. The van der Waals surface area contributed by atoms with Gasteiger partial charge in [0.25, 0.3) is 0 Å². The van der Waals surface area contributed by atoms with Crippen molar-refractivity contribution in [3.05, 3.63) is 46.9 Å². The Morgan fingerprint density at radius 1 is 1.07 bits per heavy atom. The van der Waals surface area contributed by atoms with Crippen molar-refractivity contribution in [1.82, 2.24) is 9.97 Å². The first kappa shape index (κ1) is 9.92. The van der Waals surface area contributed by atoms with Gasteiger partial charge in [-0.2, -0.15) is 0 Å². The van der Waals surface area contributed by atoms with E-state index in [-0.39, 0.29) is 0 Å². The number of hydrogen-bond acceptors (Lipinski definition) is 2. The number of hydrogen-bond donors (Lipinski definition) is 1. The van der Waals surface area contributed by atoms with Gasteiger partial charge in [0, 0.05) is 17.3 Å². The van der Waals surface area contributed by atoms with Gasteiger partial charge in [0.05, 0.1) is 6.33 Å². The summed E-state index contributed by atoms with van der Waals surface area (Å²) in [6.07, 6.45) is 1.39. The number of halogens is 2. The molecule has 0 spiro atoms. The van der Waals surface area contributed by atoms with Crippen LogP contribution in [0.2, 0.25) is 0 Å². The molecule has 0 aliphatic rings. The SMILES string of the molecule is Fc1cc(F)cc(-c2cc(=S)nc[nH]2)c1. The van der Waals surface area contributed by atoms with Crippen LogP contribution in [-0.2, 0) is 0 Å². The molecule has 0 aliphatic heterocycles. The summed E-state index contributed by atoms with van der Waals surface area (Å²) in [4.78, 5) is 6.55. The number of aromatic nitrogens is 2. The zero-order valence-corrected chi connectivity index (χ0v) is 8.31. The van der Waals surface area contributed by atoms with Crippen LogP contribution in [0.4, 0.5) is 8.78 Å². The van der Waals surface area contributed by atoms with Crippen molar-refractivity contribution >= 4 is 12.2 Å². The largest absolute Gasteiger partial charge is 0.346 e. The Bertz CT molecular complexity index is 531. The summed E-state index contributed by atoms with van der Waals surface area (Å²) in [5.41, 5.74) is 0.939. The van der Waals surface area contributed by atoms with E-state index < -0.39 is 11.6 Å². The average molecular weight is 224 g/mol. The van der Waals surface area contributed by atoms with E-state index in [9.17, 15) is 8.78 Å². The molecule has 5 heteroatoms. The quantitative estimate of drug-likeness (QED) is 0.754. The minimum absolute atomic E-state index is 0.369. The van der Waals surface area contributed by atoms with Crippen molar-refractivity contribution < 1.29 is 8.78 Å². The summed E-state index contributed by atoms with van der Waals surface area (Å²) in [5.74, 6) is -1.25. The van der Waals surface area contributed by atoms with Gasteiger partial charge in [-0.1, -0.05) is 12.2 Å². The number of H-pyrrole nitrogens is 1. The highest BCUT2D eigenvalue weighted by Crippen LogP contribution is 2.18. The third-order valence-corrected chi connectivity index (χ3v) is 2.08. The molecule has 0 atom stereocenters. The molecule has 1 aromatic carbocycles. The van der Waals surface area contributed by atoms with E-state index in [1.54, 1.807) is 6.07 Å². The lowest BCUT2D eigenvalue weighted by Gasteiger charge is -2.01. The fourth-order valence-corrected chi connectivity index (χ4v) is 1.41. The standard InChI is InChI=1S/C10H6F2N2S/c11-7-1-6(2-8(12)3-7)9-4-10(15)14-5-13-9/h1-5H,(H,13,14,15). The highest BCUT2D eigenvalue weighted by molar-refractivity contribution is 7.71. The van der Waals surface area contributed by atoms with Crippen molar-refractivity contribution in [2.24, 2.45) is 0 Å². The maximum atomic E-state index is 12.9. The van der Waals surface area contributed by atoms with Crippen LogP contribution in [0.3, 0.4) is 0 Å². The predicted molar refractivity (Wildman–Crippen MR) is 54.8 cm³/mol. The van der Waals surface area contributed by atoms with Crippen LogP contribution in [0.25, 0.3) is 11.3 Å². The molecule has 0 aliphatic carbocycles. The van der Waals surface area contributed by atoms with E-state index in [0.29, 0.717) is 15.9 Å². The van der Waals surface area contributed by atoms with E-state index >= 15 is 0 Å². The summed E-state index contributed by atoms with van der Waals surface area (Å²) in [6.45, 7) is 0. The number of nitrogens with zero attached hydrogens (tertiary/aromatic N) is 1. The molecule has 0 unspecified atom stereocenters. The Balaban J connectivity index is 2.58. The first-order valence-corrected chi connectivity index (χ1v) is 4.57. The molecule has 1 N–H and O–H groups in total. The molecule has 0 fully saturated rings. The average Bonchev–Trinajstić information content (AvgIpc) is 2.16. The van der Waals surface area contributed by atoms with Crippen LogP contribution >= 0.6 is 12.2 Å². The van der Waals surface area contributed by atoms with Gasteiger partial charge in [0.2, 0.25) is 0 Å². The second-order valence-electron chi connectivity index (χ2n) is 2.96. The summed E-state index contributed by atoms with van der Waals surface area (Å²) >= 11 is 4.85. The summed E-state index contributed by atoms with van der Waals surface area (Å²) < 4.78 is 26.2. The Labute approximate surface area is 89.6 Å².